The number of nitrogens with one attached hydrogen (secondary N) is 2. The van der Waals surface area contributed by atoms with Gasteiger partial charge in [0.15, 0.2) is 0 Å². The standard InChI is InChI=1S/C13H26N2O4/c1-5-13(6-2,7-3)15-12(18)14-9-10(19-4)8-11(16)17/h10H,5-9H2,1-4H3,(H,16,17)(H2,14,15,18). The molecule has 0 rings (SSSR count). The lowest BCUT2D eigenvalue weighted by molar-refractivity contribution is -0.139. The number of ether oxygens (including phenoxy) is 1. The number of hydrogen-bond acceptors (Lipinski definition) is 3. The topological polar surface area (TPSA) is 87.7 Å². The zero-order valence-corrected chi connectivity index (χ0v) is 12.3. The monoisotopic (exact) mass is 274 g/mol. The summed E-state index contributed by atoms with van der Waals surface area (Å²) in [6.07, 6.45) is 1.93. The highest BCUT2D eigenvalue weighted by atomic mass is 16.5. The van der Waals surface area contributed by atoms with Gasteiger partial charge in [0.1, 0.15) is 0 Å². The first-order valence-electron chi connectivity index (χ1n) is 6.73. The number of amides is 2. The van der Waals surface area contributed by atoms with Gasteiger partial charge in [-0.15, -0.1) is 0 Å². The quantitative estimate of drug-likeness (QED) is 0.597. The summed E-state index contributed by atoms with van der Waals surface area (Å²) in [5, 5.41) is 14.3. The van der Waals surface area contributed by atoms with Crippen molar-refractivity contribution in [2.24, 2.45) is 0 Å². The molecule has 1 unspecified atom stereocenters. The van der Waals surface area contributed by atoms with Crippen LogP contribution in [-0.2, 0) is 9.53 Å². The van der Waals surface area contributed by atoms with Gasteiger partial charge in [-0.25, -0.2) is 4.79 Å². The van der Waals surface area contributed by atoms with Gasteiger partial charge in [-0.3, -0.25) is 4.79 Å². The van der Waals surface area contributed by atoms with Crippen molar-refractivity contribution in [2.45, 2.75) is 58.1 Å². The Kier molecular flexibility index (Phi) is 8.14. The van der Waals surface area contributed by atoms with Crippen LogP contribution in [-0.4, -0.2) is 42.4 Å². The Labute approximate surface area is 114 Å². The van der Waals surface area contributed by atoms with E-state index in [1.165, 1.54) is 7.11 Å². The van der Waals surface area contributed by atoms with E-state index in [9.17, 15) is 9.59 Å². The Morgan fingerprint density at radius 1 is 1.21 bits per heavy atom. The molecule has 0 spiro atoms. The van der Waals surface area contributed by atoms with Crippen molar-refractivity contribution in [3.8, 4) is 0 Å². The lowest BCUT2D eigenvalue weighted by Crippen LogP contribution is -2.52. The van der Waals surface area contributed by atoms with Crippen molar-refractivity contribution in [1.82, 2.24) is 10.6 Å². The van der Waals surface area contributed by atoms with Gasteiger partial charge in [0.25, 0.3) is 0 Å². The number of carbonyl (C=O) groups excluding carboxylic acids is 1. The lowest BCUT2D eigenvalue weighted by Gasteiger charge is -2.32. The number of rotatable bonds is 9. The SMILES string of the molecule is CCC(CC)(CC)NC(=O)NCC(CC(=O)O)OC. The fourth-order valence-electron chi connectivity index (χ4n) is 1.94. The molecule has 0 saturated heterocycles. The van der Waals surface area contributed by atoms with E-state index >= 15 is 0 Å². The number of methoxy groups -OCH3 is 1. The van der Waals surface area contributed by atoms with Crippen molar-refractivity contribution in [1.29, 1.82) is 0 Å². The number of carbonyl (C=O) groups is 2. The van der Waals surface area contributed by atoms with Gasteiger partial charge in [0.2, 0.25) is 0 Å². The number of hydrogen-bond donors (Lipinski definition) is 3. The average Bonchev–Trinajstić information content (AvgIpc) is 2.40. The molecular formula is C13H26N2O4. The Bertz CT molecular complexity index is 282. The van der Waals surface area contributed by atoms with Gasteiger partial charge in [-0.2, -0.15) is 0 Å². The average molecular weight is 274 g/mol. The highest BCUT2D eigenvalue weighted by molar-refractivity contribution is 5.75. The van der Waals surface area contributed by atoms with Gasteiger partial charge in [-0.1, -0.05) is 20.8 Å². The fourth-order valence-corrected chi connectivity index (χ4v) is 1.94. The molecule has 0 heterocycles. The van der Waals surface area contributed by atoms with Crippen molar-refractivity contribution < 1.29 is 19.4 Å². The molecule has 19 heavy (non-hydrogen) atoms. The Hall–Kier alpha value is -1.30. The van der Waals surface area contributed by atoms with E-state index in [0.29, 0.717) is 0 Å². The Balaban J connectivity index is 4.26. The van der Waals surface area contributed by atoms with Crippen molar-refractivity contribution >= 4 is 12.0 Å². The van der Waals surface area contributed by atoms with E-state index in [2.05, 4.69) is 10.6 Å². The summed E-state index contributed by atoms with van der Waals surface area (Å²) in [4.78, 5) is 22.4. The summed E-state index contributed by atoms with van der Waals surface area (Å²) in [6, 6.07) is -0.280. The first-order chi connectivity index (χ1) is 8.92. The summed E-state index contributed by atoms with van der Waals surface area (Å²) in [6.45, 7) is 6.29. The summed E-state index contributed by atoms with van der Waals surface area (Å²) in [7, 11) is 1.43. The molecule has 0 aliphatic heterocycles. The number of urea groups is 1. The molecule has 0 fully saturated rings. The second kappa shape index (κ2) is 8.74. The van der Waals surface area contributed by atoms with Crippen LogP contribution < -0.4 is 10.6 Å². The largest absolute Gasteiger partial charge is 0.481 e. The summed E-state index contributed by atoms with van der Waals surface area (Å²) >= 11 is 0. The maximum absolute atomic E-state index is 11.8. The molecule has 0 aliphatic rings. The molecule has 3 N–H and O–H groups in total. The van der Waals surface area contributed by atoms with Crippen LogP contribution >= 0.6 is 0 Å². The Morgan fingerprint density at radius 3 is 2.11 bits per heavy atom. The third-order valence-corrected chi connectivity index (χ3v) is 3.63. The van der Waals surface area contributed by atoms with E-state index in [4.69, 9.17) is 9.84 Å². The zero-order valence-electron chi connectivity index (χ0n) is 12.3. The maximum atomic E-state index is 11.8. The first kappa shape index (κ1) is 17.7. The van der Waals surface area contributed by atoms with Gasteiger partial charge in [0, 0.05) is 19.2 Å². The van der Waals surface area contributed by atoms with E-state index in [-0.39, 0.29) is 24.5 Å². The molecule has 6 heteroatoms. The van der Waals surface area contributed by atoms with Crippen LogP contribution in [0.2, 0.25) is 0 Å². The molecule has 112 valence electrons. The minimum Gasteiger partial charge on any atom is -0.481 e. The third-order valence-electron chi connectivity index (χ3n) is 3.63. The summed E-state index contributed by atoms with van der Waals surface area (Å²) in [5.41, 5.74) is -0.195. The van der Waals surface area contributed by atoms with Crippen LogP contribution in [0.1, 0.15) is 46.5 Å². The normalized spacial score (nSPS) is 12.8. The van der Waals surface area contributed by atoms with Gasteiger partial charge >= 0.3 is 12.0 Å². The summed E-state index contributed by atoms with van der Waals surface area (Å²) in [5.74, 6) is -0.945. The fraction of sp³-hybridized carbons (Fsp3) is 0.846. The molecule has 0 radical (unpaired) electrons. The molecule has 0 saturated carbocycles. The van der Waals surface area contributed by atoms with E-state index in [1.807, 2.05) is 20.8 Å². The van der Waals surface area contributed by atoms with Crippen LogP contribution in [0.3, 0.4) is 0 Å². The number of carboxylic acid groups (broad SMARTS) is 1. The van der Waals surface area contributed by atoms with Crippen LogP contribution in [0, 0.1) is 0 Å². The van der Waals surface area contributed by atoms with Crippen LogP contribution in [0.5, 0.6) is 0 Å². The smallest absolute Gasteiger partial charge is 0.315 e. The van der Waals surface area contributed by atoms with Crippen molar-refractivity contribution in [3.63, 3.8) is 0 Å². The molecule has 0 aromatic carbocycles. The molecule has 2 amide bonds. The first-order valence-corrected chi connectivity index (χ1v) is 6.73. The molecule has 6 nitrogen and oxygen atoms in total. The third kappa shape index (κ3) is 6.42. The van der Waals surface area contributed by atoms with E-state index < -0.39 is 12.1 Å². The number of aliphatic carboxylic acids is 1. The van der Waals surface area contributed by atoms with Gasteiger partial charge in [-0.05, 0) is 19.3 Å². The minimum absolute atomic E-state index is 0.128. The summed E-state index contributed by atoms with van der Waals surface area (Å²) < 4.78 is 5.00. The van der Waals surface area contributed by atoms with Gasteiger partial charge < -0.3 is 20.5 Å². The highest BCUT2D eigenvalue weighted by Crippen LogP contribution is 2.18. The van der Waals surface area contributed by atoms with Crippen LogP contribution in [0.25, 0.3) is 0 Å². The predicted octanol–water partition coefficient (Wildman–Crippen LogP) is 1.74. The van der Waals surface area contributed by atoms with E-state index in [0.717, 1.165) is 19.3 Å². The molecule has 0 aromatic rings. The van der Waals surface area contributed by atoms with Gasteiger partial charge in [0.05, 0.1) is 12.5 Å². The molecule has 0 aromatic heterocycles. The predicted molar refractivity (Wildman–Crippen MR) is 73.2 cm³/mol. The Morgan fingerprint density at radius 2 is 1.74 bits per heavy atom. The highest BCUT2D eigenvalue weighted by Gasteiger charge is 2.26. The minimum atomic E-state index is -0.945. The molecular weight excluding hydrogens is 248 g/mol. The molecule has 1 atom stereocenters. The van der Waals surface area contributed by atoms with Crippen molar-refractivity contribution in [2.75, 3.05) is 13.7 Å². The number of carboxylic acids is 1. The molecule has 0 bridgehead atoms. The second-order valence-electron chi connectivity index (χ2n) is 4.63. The molecule has 0 aliphatic carbocycles. The van der Waals surface area contributed by atoms with Crippen LogP contribution in [0.15, 0.2) is 0 Å². The van der Waals surface area contributed by atoms with Crippen molar-refractivity contribution in [3.05, 3.63) is 0 Å². The van der Waals surface area contributed by atoms with E-state index in [1.54, 1.807) is 0 Å². The maximum Gasteiger partial charge on any atom is 0.315 e. The lowest BCUT2D eigenvalue weighted by atomic mass is 9.90. The van der Waals surface area contributed by atoms with Crippen LogP contribution in [0.4, 0.5) is 4.79 Å². The zero-order chi connectivity index (χ0) is 14.9. The second-order valence-corrected chi connectivity index (χ2v) is 4.63.